The van der Waals surface area contributed by atoms with E-state index in [9.17, 15) is 9.59 Å². The van der Waals surface area contributed by atoms with Crippen LogP contribution in [0.3, 0.4) is 0 Å². The molecule has 1 amide bonds. The van der Waals surface area contributed by atoms with Crippen molar-refractivity contribution in [1.29, 1.82) is 0 Å². The van der Waals surface area contributed by atoms with Crippen molar-refractivity contribution in [3.8, 4) is 0 Å². The number of ether oxygens (including phenoxy) is 1. The highest BCUT2D eigenvalue weighted by atomic mass is 32.2. The summed E-state index contributed by atoms with van der Waals surface area (Å²) in [5.41, 5.74) is 1.27. The van der Waals surface area contributed by atoms with Crippen molar-refractivity contribution >= 4 is 45.0 Å². The van der Waals surface area contributed by atoms with Crippen molar-refractivity contribution in [2.24, 2.45) is 0 Å². The standard InChI is InChI=1S/C25H25N3O3S/c1-17(23(29)26-20-13-12-18-8-3-4-9-19(18)16-20)32-25-27-22-11-6-5-10-21(22)24(30)28(25)14-7-15-31-2/h3-6,8-13,16-17H,7,14-15H2,1-2H3,(H,26,29). The summed E-state index contributed by atoms with van der Waals surface area (Å²) < 4.78 is 6.78. The lowest BCUT2D eigenvalue weighted by atomic mass is 10.1. The number of hydrogen-bond donors (Lipinski definition) is 1. The van der Waals surface area contributed by atoms with E-state index in [1.165, 1.54) is 11.8 Å². The molecule has 164 valence electrons. The molecule has 0 aliphatic heterocycles. The van der Waals surface area contributed by atoms with Gasteiger partial charge in [-0.05, 0) is 48.4 Å². The normalized spacial score (nSPS) is 12.2. The Morgan fingerprint density at radius 2 is 1.84 bits per heavy atom. The number of thioether (sulfide) groups is 1. The van der Waals surface area contributed by atoms with Crippen LogP contribution in [-0.4, -0.2) is 34.4 Å². The van der Waals surface area contributed by atoms with Gasteiger partial charge in [0.1, 0.15) is 0 Å². The number of carbonyl (C=O) groups is 1. The average molecular weight is 448 g/mol. The molecule has 1 heterocycles. The topological polar surface area (TPSA) is 73.2 Å². The number of methoxy groups -OCH3 is 1. The summed E-state index contributed by atoms with van der Waals surface area (Å²) >= 11 is 1.29. The van der Waals surface area contributed by atoms with Crippen molar-refractivity contribution in [2.45, 2.75) is 30.3 Å². The molecule has 1 unspecified atom stereocenters. The van der Waals surface area contributed by atoms with Gasteiger partial charge in [-0.3, -0.25) is 14.2 Å². The van der Waals surface area contributed by atoms with Gasteiger partial charge in [-0.25, -0.2) is 4.98 Å². The summed E-state index contributed by atoms with van der Waals surface area (Å²) in [6, 6.07) is 21.1. The number of benzene rings is 3. The lowest BCUT2D eigenvalue weighted by molar-refractivity contribution is -0.115. The Kier molecular flexibility index (Phi) is 6.87. The molecule has 0 fully saturated rings. The number of hydrogen-bond acceptors (Lipinski definition) is 5. The minimum absolute atomic E-state index is 0.101. The van der Waals surface area contributed by atoms with Crippen LogP contribution >= 0.6 is 11.8 Å². The Labute approximate surface area is 190 Å². The Bertz CT molecular complexity index is 1320. The highest BCUT2D eigenvalue weighted by Gasteiger charge is 2.19. The van der Waals surface area contributed by atoms with E-state index in [0.717, 1.165) is 16.5 Å². The first-order valence-corrected chi connectivity index (χ1v) is 11.4. The molecule has 0 radical (unpaired) electrons. The number of amides is 1. The van der Waals surface area contributed by atoms with E-state index < -0.39 is 5.25 Å². The molecule has 0 aliphatic carbocycles. The fraction of sp³-hybridized carbons (Fsp3) is 0.240. The molecule has 4 rings (SSSR count). The zero-order chi connectivity index (χ0) is 22.5. The van der Waals surface area contributed by atoms with Crippen molar-refractivity contribution in [3.05, 3.63) is 77.1 Å². The van der Waals surface area contributed by atoms with Gasteiger partial charge in [-0.15, -0.1) is 0 Å². The zero-order valence-corrected chi connectivity index (χ0v) is 18.9. The minimum atomic E-state index is -0.441. The number of aromatic nitrogens is 2. The minimum Gasteiger partial charge on any atom is -0.385 e. The third kappa shape index (κ3) is 4.84. The van der Waals surface area contributed by atoms with E-state index in [1.54, 1.807) is 17.7 Å². The largest absolute Gasteiger partial charge is 0.385 e. The summed E-state index contributed by atoms with van der Waals surface area (Å²) in [4.78, 5) is 30.7. The molecule has 0 aliphatic rings. The molecular weight excluding hydrogens is 422 g/mol. The van der Waals surface area contributed by atoms with E-state index in [-0.39, 0.29) is 11.5 Å². The van der Waals surface area contributed by atoms with Crippen LogP contribution in [-0.2, 0) is 16.1 Å². The predicted molar refractivity (Wildman–Crippen MR) is 130 cm³/mol. The molecule has 1 aromatic heterocycles. The maximum absolute atomic E-state index is 13.1. The molecule has 3 aromatic carbocycles. The summed E-state index contributed by atoms with van der Waals surface area (Å²) in [6.45, 7) is 2.84. The van der Waals surface area contributed by atoms with E-state index in [1.807, 2.05) is 67.6 Å². The van der Waals surface area contributed by atoms with Crippen LogP contribution in [0.5, 0.6) is 0 Å². The van der Waals surface area contributed by atoms with Crippen LogP contribution in [0.25, 0.3) is 21.7 Å². The Balaban J connectivity index is 1.57. The van der Waals surface area contributed by atoms with Gasteiger partial charge in [0, 0.05) is 25.9 Å². The number of para-hydroxylation sites is 1. The van der Waals surface area contributed by atoms with Gasteiger partial charge in [-0.1, -0.05) is 54.2 Å². The molecule has 0 saturated heterocycles. The molecule has 0 saturated carbocycles. The molecular formula is C25H25N3O3S. The fourth-order valence-corrected chi connectivity index (χ4v) is 4.46. The second kappa shape index (κ2) is 9.97. The van der Waals surface area contributed by atoms with Gasteiger partial charge in [0.15, 0.2) is 5.16 Å². The number of rotatable bonds is 8. The van der Waals surface area contributed by atoms with Crippen molar-refractivity contribution < 1.29 is 9.53 Å². The first-order valence-electron chi connectivity index (χ1n) is 10.5. The van der Waals surface area contributed by atoms with E-state index in [2.05, 4.69) is 5.32 Å². The third-order valence-electron chi connectivity index (χ3n) is 5.23. The lowest BCUT2D eigenvalue weighted by Crippen LogP contribution is -2.27. The smallest absolute Gasteiger partial charge is 0.262 e. The lowest BCUT2D eigenvalue weighted by Gasteiger charge is -2.16. The van der Waals surface area contributed by atoms with Crippen LogP contribution in [0.4, 0.5) is 5.69 Å². The second-order valence-electron chi connectivity index (χ2n) is 7.53. The third-order valence-corrected chi connectivity index (χ3v) is 6.32. The van der Waals surface area contributed by atoms with Gasteiger partial charge >= 0.3 is 0 Å². The molecule has 0 bridgehead atoms. The average Bonchev–Trinajstić information content (AvgIpc) is 2.81. The van der Waals surface area contributed by atoms with Crippen LogP contribution < -0.4 is 10.9 Å². The molecule has 4 aromatic rings. The maximum Gasteiger partial charge on any atom is 0.262 e. The molecule has 1 N–H and O–H groups in total. The van der Waals surface area contributed by atoms with Gasteiger partial charge < -0.3 is 10.1 Å². The van der Waals surface area contributed by atoms with Gasteiger partial charge in [0.2, 0.25) is 5.91 Å². The summed E-state index contributed by atoms with van der Waals surface area (Å²) in [5.74, 6) is -0.142. The SMILES string of the molecule is COCCCn1c(SC(C)C(=O)Nc2ccc3ccccc3c2)nc2ccccc2c1=O. The van der Waals surface area contributed by atoms with E-state index >= 15 is 0 Å². The van der Waals surface area contributed by atoms with Crippen molar-refractivity contribution in [2.75, 3.05) is 19.0 Å². The molecule has 1 atom stereocenters. The molecule has 32 heavy (non-hydrogen) atoms. The molecule has 7 heteroatoms. The Hall–Kier alpha value is -3.16. The van der Waals surface area contributed by atoms with Crippen LogP contribution in [0.2, 0.25) is 0 Å². The Morgan fingerprint density at radius 3 is 2.66 bits per heavy atom. The van der Waals surface area contributed by atoms with Crippen molar-refractivity contribution in [1.82, 2.24) is 9.55 Å². The maximum atomic E-state index is 13.1. The summed E-state index contributed by atoms with van der Waals surface area (Å²) in [6.07, 6.45) is 0.682. The van der Waals surface area contributed by atoms with E-state index in [4.69, 9.17) is 9.72 Å². The predicted octanol–water partition coefficient (Wildman–Crippen LogP) is 4.71. The van der Waals surface area contributed by atoms with Gasteiger partial charge in [0.05, 0.1) is 16.2 Å². The van der Waals surface area contributed by atoms with Crippen LogP contribution in [0.1, 0.15) is 13.3 Å². The number of fused-ring (bicyclic) bond motifs is 2. The van der Waals surface area contributed by atoms with Crippen LogP contribution in [0, 0.1) is 0 Å². The molecule has 6 nitrogen and oxygen atoms in total. The zero-order valence-electron chi connectivity index (χ0n) is 18.1. The Morgan fingerprint density at radius 1 is 1.09 bits per heavy atom. The van der Waals surface area contributed by atoms with Crippen molar-refractivity contribution in [3.63, 3.8) is 0 Å². The van der Waals surface area contributed by atoms with Gasteiger partial charge in [-0.2, -0.15) is 0 Å². The molecule has 0 spiro atoms. The quantitative estimate of drug-likeness (QED) is 0.241. The monoisotopic (exact) mass is 447 g/mol. The number of nitrogens with one attached hydrogen (secondary N) is 1. The summed E-state index contributed by atoms with van der Waals surface area (Å²) in [5, 5.41) is 5.83. The highest BCUT2D eigenvalue weighted by Crippen LogP contribution is 2.25. The fourth-order valence-electron chi connectivity index (χ4n) is 3.52. The first-order chi connectivity index (χ1) is 15.6. The first kappa shape index (κ1) is 22.0. The van der Waals surface area contributed by atoms with Crippen LogP contribution in [0.15, 0.2) is 76.7 Å². The summed E-state index contributed by atoms with van der Waals surface area (Å²) in [7, 11) is 1.64. The van der Waals surface area contributed by atoms with E-state index in [0.29, 0.717) is 35.6 Å². The second-order valence-corrected chi connectivity index (χ2v) is 8.83. The number of carbonyl (C=O) groups excluding carboxylic acids is 1. The number of anilines is 1. The highest BCUT2D eigenvalue weighted by molar-refractivity contribution is 8.00. The van der Waals surface area contributed by atoms with Gasteiger partial charge in [0.25, 0.3) is 5.56 Å². The number of nitrogens with zero attached hydrogens (tertiary/aromatic N) is 2.